The zero-order chi connectivity index (χ0) is 13.3. The number of ether oxygens (including phenoxy) is 1. The Morgan fingerprint density at radius 3 is 2.68 bits per heavy atom. The van der Waals surface area contributed by atoms with E-state index in [2.05, 4.69) is 6.92 Å². The van der Waals surface area contributed by atoms with Gasteiger partial charge in [-0.2, -0.15) is 11.8 Å². The zero-order valence-corrected chi connectivity index (χ0v) is 13.0. The Balaban J connectivity index is 1.67. The smallest absolute Gasteiger partial charge is 0.0783 e. The summed E-state index contributed by atoms with van der Waals surface area (Å²) in [7, 11) is 0. The fourth-order valence-electron chi connectivity index (χ4n) is 4.42. The van der Waals surface area contributed by atoms with Gasteiger partial charge < -0.3 is 9.84 Å². The second-order valence-corrected chi connectivity index (χ2v) is 8.35. The fourth-order valence-corrected chi connectivity index (χ4v) is 5.80. The van der Waals surface area contributed by atoms with Crippen molar-refractivity contribution in [2.45, 2.75) is 70.0 Å². The van der Waals surface area contributed by atoms with Gasteiger partial charge in [0.2, 0.25) is 0 Å². The summed E-state index contributed by atoms with van der Waals surface area (Å²) < 4.78 is 6.10. The van der Waals surface area contributed by atoms with E-state index < -0.39 is 0 Å². The maximum Gasteiger partial charge on any atom is 0.0783 e. The van der Waals surface area contributed by atoms with E-state index in [9.17, 15) is 5.11 Å². The lowest BCUT2D eigenvalue weighted by molar-refractivity contribution is -0.126. The van der Waals surface area contributed by atoms with Gasteiger partial charge >= 0.3 is 0 Å². The molecular formula is C16H28O2S. The summed E-state index contributed by atoms with van der Waals surface area (Å²) in [6, 6.07) is 0. The third-order valence-electron chi connectivity index (χ3n) is 5.75. The number of aliphatic hydroxyl groups is 1. The lowest BCUT2D eigenvalue weighted by Gasteiger charge is -2.46. The second kappa shape index (κ2) is 5.57. The summed E-state index contributed by atoms with van der Waals surface area (Å²) in [5, 5.41) is 10.9. The van der Waals surface area contributed by atoms with Gasteiger partial charge in [0.25, 0.3) is 0 Å². The van der Waals surface area contributed by atoms with Crippen molar-refractivity contribution in [2.24, 2.45) is 11.3 Å². The van der Waals surface area contributed by atoms with Crippen molar-refractivity contribution >= 4 is 11.8 Å². The Bertz CT molecular complexity index is 306. The summed E-state index contributed by atoms with van der Waals surface area (Å²) in [4.78, 5) is 0. The molecule has 19 heavy (non-hydrogen) atoms. The predicted molar refractivity (Wildman–Crippen MR) is 80.5 cm³/mol. The number of aliphatic hydroxyl groups excluding tert-OH is 1. The van der Waals surface area contributed by atoms with E-state index in [-0.39, 0.29) is 17.1 Å². The molecule has 3 unspecified atom stereocenters. The van der Waals surface area contributed by atoms with E-state index >= 15 is 0 Å². The summed E-state index contributed by atoms with van der Waals surface area (Å²) in [6.45, 7) is 3.18. The molecule has 0 radical (unpaired) electrons. The standard InChI is InChI=1S/C16H28O2S/c1-15(6-3-2-4-7-15)14(17)13-5-9-18-16(11-13)8-10-19-12-16/h13-14,17H,2-12H2,1H3. The first-order valence-corrected chi connectivity index (χ1v) is 9.19. The van der Waals surface area contributed by atoms with Crippen LogP contribution < -0.4 is 0 Å². The highest BCUT2D eigenvalue weighted by molar-refractivity contribution is 7.99. The lowest BCUT2D eigenvalue weighted by atomic mass is 9.66. The van der Waals surface area contributed by atoms with Crippen molar-refractivity contribution < 1.29 is 9.84 Å². The molecule has 3 atom stereocenters. The van der Waals surface area contributed by atoms with Crippen LogP contribution in [0.5, 0.6) is 0 Å². The van der Waals surface area contributed by atoms with Crippen LogP contribution in [0.1, 0.15) is 58.3 Å². The van der Waals surface area contributed by atoms with Crippen LogP contribution in [0.4, 0.5) is 0 Å². The summed E-state index contributed by atoms with van der Waals surface area (Å²) in [5.74, 6) is 2.85. The quantitative estimate of drug-likeness (QED) is 0.840. The van der Waals surface area contributed by atoms with E-state index in [4.69, 9.17) is 4.74 Å². The lowest BCUT2D eigenvalue weighted by Crippen LogP contribution is -2.48. The summed E-state index contributed by atoms with van der Waals surface area (Å²) in [6.07, 6.45) is 9.63. The molecule has 0 aromatic heterocycles. The maximum absolute atomic E-state index is 10.9. The zero-order valence-electron chi connectivity index (χ0n) is 12.2. The van der Waals surface area contributed by atoms with Crippen LogP contribution in [-0.4, -0.2) is 34.9 Å². The number of hydrogen-bond acceptors (Lipinski definition) is 3. The van der Waals surface area contributed by atoms with E-state index in [1.165, 1.54) is 44.3 Å². The van der Waals surface area contributed by atoms with Gasteiger partial charge in [-0.25, -0.2) is 0 Å². The SMILES string of the molecule is CC1(C(O)C2CCOC3(CCSC3)C2)CCCCC1. The monoisotopic (exact) mass is 284 g/mol. The molecule has 110 valence electrons. The maximum atomic E-state index is 10.9. The number of hydrogen-bond donors (Lipinski definition) is 1. The molecule has 1 aliphatic carbocycles. The second-order valence-electron chi connectivity index (χ2n) is 7.25. The molecule has 1 N–H and O–H groups in total. The molecule has 0 amide bonds. The average Bonchev–Trinajstić information content (AvgIpc) is 2.87. The average molecular weight is 284 g/mol. The first-order valence-electron chi connectivity index (χ1n) is 8.03. The molecule has 0 aromatic rings. The first kappa shape index (κ1) is 14.2. The number of rotatable bonds is 2. The molecule has 0 aromatic carbocycles. The normalized spacial score (nSPS) is 40.4. The minimum atomic E-state index is -0.112. The third-order valence-corrected chi connectivity index (χ3v) is 6.98. The Labute approximate surface area is 121 Å². The van der Waals surface area contributed by atoms with E-state index in [0.717, 1.165) is 25.2 Å². The van der Waals surface area contributed by atoms with Crippen LogP contribution in [0.25, 0.3) is 0 Å². The van der Waals surface area contributed by atoms with Crippen LogP contribution in [0, 0.1) is 11.3 Å². The summed E-state index contributed by atoms with van der Waals surface area (Å²) >= 11 is 2.02. The molecule has 3 heteroatoms. The molecular weight excluding hydrogens is 256 g/mol. The molecule has 0 bridgehead atoms. The molecule has 2 heterocycles. The first-order chi connectivity index (χ1) is 9.14. The minimum Gasteiger partial charge on any atom is -0.392 e. The van der Waals surface area contributed by atoms with Gasteiger partial charge in [0.1, 0.15) is 0 Å². The molecule has 1 spiro atoms. The van der Waals surface area contributed by atoms with Crippen molar-refractivity contribution in [2.75, 3.05) is 18.1 Å². The van der Waals surface area contributed by atoms with Crippen LogP contribution in [0.3, 0.4) is 0 Å². The van der Waals surface area contributed by atoms with Crippen molar-refractivity contribution in [3.63, 3.8) is 0 Å². The van der Waals surface area contributed by atoms with Crippen LogP contribution in [0.2, 0.25) is 0 Å². The Kier molecular flexibility index (Phi) is 4.17. The van der Waals surface area contributed by atoms with E-state index in [0.29, 0.717) is 5.92 Å². The highest BCUT2D eigenvalue weighted by Crippen LogP contribution is 2.47. The number of thioether (sulfide) groups is 1. The van der Waals surface area contributed by atoms with Gasteiger partial charge in [-0.15, -0.1) is 0 Å². The van der Waals surface area contributed by atoms with Gasteiger partial charge in [-0.05, 0) is 49.2 Å². The van der Waals surface area contributed by atoms with Gasteiger partial charge in [0.15, 0.2) is 0 Å². The summed E-state index contributed by atoms with van der Waals surface area (Å²) in [5.41, 5.74) is 0.285. The van der Waals surface area contributed by atoms with Crippen LogP contribution >= 0.6 is 11.8 Å². The van der Waals surface area contributed by atoms with Crippen molar-refractivity contribution in [3.05, 3.63) is 0 Å². The van der Waals surface area contributed by atoms with Crippen molar-refractivity contribution in [1.29, 1.82) is 0 Å². The Morgan fingerprint density at radius 2 is 2.00 bits per heavy atom. The predicted octanol–water partition coefficient (Wildman–Crippen LogP) is 3.62. The molecule has 2 nitrogen and oxygen atoms in total. The van der Waals surface area contributed by atoms with Crippen LogP contribution in [-0.2, 0) is 4.74 Å². The highest BCUT2D eigenvalue weighted by Gasteiger charge is 2.46. The fraction of sp³-hybridized carbons (Fsp3) is 1.00. The highest BCUT2D eigenvalue weighted by atomic mass is 32.2. The molecule has 3 aliphatic rings. The van der Waals surface area contributed by atoms with Gasteiger partial charge in [0.05, 0.1) is 11.7 Å². The van der Waals surface area contributed by atoms with Crippen molar-refractivity contribution in [1.82, 2.24) is 0 Å². The minimum absolute atomic E-state index is 0.111. The third kappa shape index (κ3) is 2.84. The molecule has 1 saturated carbocycles. The van der Waals surface area contributed by atoms with Gasteiger partial charge in [0, 0.05) is 12.4 Å². The molecule has 3 rings (SSSR count). The van der Waals surface area contributed by atoms with E-state index in [1.807, 2.05) is 11.8 Å². The molecule has 2 aliphatic heterocycles. The molecule has 3 fully saturated rings. The van der Waals surface area contributed by atoms with Crippen LogP contribution in [0.15, 0.2) is 0 Å². The van der Waals surface area contributed by atoms with Gasteiger partial charge in [-0.1, -0.05) is 26.2 Å². The Hall–Kier alpha value is 0.270. The largest absolute Gasteiger partial charge is 0.392 e. The van der Waals surface area contributed by atoms with Gasteiger partial charge in [-0.3, -0.25) is 0 Å². The topological polar surface area (TPSA) is 29.5 Å². The van der Waals surface area contributed by atoms with Crippen molar-refractivity contribution in [3.8, 4) is 0 Å². The van der Waals surface area contributed by atoms with E-state index in [1.54, 1.807) is 0 Å². The Morgan fingerprint density at radius 1 is 1.21 bits per heavy atom. The molecule has 2 saturated heterocycles.